The highest BCUT2D eigenvalue weighted by molar-refractivity contribution is 6.31. The molecule has 0 radical (unpaired) electrons. The zero-order valence-corrected chi connectivity index (χ0v) is 11.6. The van der Waals surface area contributed by atoms with E-state index in [2.05, 4.69) is 17.0 Å². The van der Waals surface area contributed by atoms with Crippen molar-refractivity contribution in [3.63, 3.8) is 0 Å². The lowest BCUT2D eigenvalue weighted by atomic mass is 10.1. The van der Waals surface area contributed by atoms with E-state index < -0.39 is 0 Å². The van der Waals surface area contributed by atoms with Crippen molar-refractivity contribution in [1.29, 1.82) is 0 Å². The Morgan fingerprint density at radius 3 is 2.88 bits per heavy atom. The molecular formula is C14H19Cl2N. The van der Waals surface area contributed by atoms with Crippen LogP contribution in [0.25, 0.3) is 0 Å². The minimum atomic E-state index is 0.699. The molecule has 1 unspecified atom stereocenters. The number of halogens is 2. The predicted molar refractivity (Wildman–Crippen MR) is 74.8 cm³/mol. The van der Waals surface area contributed by atoms with Gasteiger partial charge < -0.3 is 0 Å². The highest BCUT2D eigenvalue weighted by atomic mass is 35.5. The molecule has 2 rings (SSSR count). The van der Waals surface area contributed by atoms with E-state index in [1.54, 1.807) is 0 Å². The van der Waals surface area contributed by atoms with Crippen LogP contribution in [0.3, 0.4) is 0 Å². The summed E-state index contributed by atoms with van der Waals surface area (Å²) in [4.78, 5) is 2.55. The molecule has 1 aromatic rings. The largest absolute Gasteiger partial charge is 0.296 e. The molecule has 3 heteroatoms. The Kier molecular flexibility index (Phi) is 5.15. The highest BCUT2D eigenvalue weighted by Gasteiger charge is 2.24. The first-order valence-corrected chi connectivity index (χ1v) is 7.26. The molecule has 1 nitrogen and oxygen atoms in total. The Labute approximate surface area is 114 Å². The van der Waals surface area contributed by atoms with Crippen LogP contribution in [0.5, 0.6) is 0 Å². The van der Waals surface area contributed by atoms with Gasteiger partial charge in [-0.05, 0) is 43.9 Å². The first-order valence-electron chi connectivity index (χ1n) is 6.34. The normalized spacial score (nSPS) is 20.9. The van der Waals surface area contributed by atoms with Crippen molar-refractivity contribution < 1.29 is 0 Å². The van der Waals surface area contributed by atoms with Gasteiger partial charge in [0, 0.05) is 23.5 Å². The van der Waals surface area contributed by atoms with Gasteiger partial charge in [0.2, 0.25) is 0 Å². The topological polar surface area (TPSA) is 3.24 Å². The van der Waals surface area contributed by atoms with E-state index in [-0.39, 0.29) is 0 Å². The molecule has 1 aromatic carbocycles. The van der Waals surface area contributed by atoms with E-state index in [0.717, 1.165) is 23.9 Å². The van der Waals surface area contributed by atoms with E-state index in [0.29, 0.717) is 6.04 Å². The third-order valence-electron chi connectivity index (χ3n) is 3.50. The van der Waals surface area contributed by atoms with Crippen LogP contribution in [0.1, 0.15) is 31.2 Å². The van der Waals surface area contributed by atoms with Gasteiger partial charge in [-0.25, -0.2) is 0 Å². The van der Waals surface area contributed by atoms with Gasteiger partial charge in [-0.3, -0.25) is 4.90 Å². The smallest absolute Gasteiger partial charge is 0.0451 e. The number of alkyl halides is 1. The fourth-order valence-corrected chi connectivity index (χ4v) is 2.94. The maximum absolute atomic E-state index is 6.21. The molecule has 1 heterocycles. The molecule has 94 valence electrons. The molecule has 1 atom stereocenters. The Hall–Kier alpha value is -0.240. The minimum absolute atomic E-state index is 0.699. The van der Waals surface area contributed by atoms with Crippen molar-refractivity contribution >= 4 is 23.2 Å². The molecular weight excluding hydrogens is 253 g/mol. The van der Waals surface area contributed by atoms with Crippen LogP contribution < -0.4 is 0 Å². The van der Waals surface area contributed by atoms with E-state index in [1.807, 2.05) is 12.1 Å². The maximum atomic E-state index is 6.21. The maximum Gasteiger partial charge on any atom is 0.0451 e. The first kappa shape index (κ1) is 13.2. The van der Waals surface area contributed by atoms with Crippen molar-refractivity contribution in [3.8, 4) is 0 Å². The number of hydrogen-bond donors (Lipinski definition) is 0. The standard InChI is InChI=1S/C14H19Cl2N/c15-9-3-6-13-7-4-10-17(13)11-12-5-1-2-8-14(12)16/h1-2,5,8,13H,3-4,6-7,9-11H2. The number of nitrogens with zero attached hydrogens (tertiary/aromatic N) is 1. The number of rotatable bonds is 5. The Bertz CT molecular complexity index is 354. The number of likely N-dealkylation sites (tertiary alicyclic amines) is 1. The van der Waals surface area contributed by atoms with Crippen molar-refractivity contribution in [2.75, 3.05) is 12.4 Å². The summed E-state index contributed by atoms with van der Waals surface area (Å²) >= 11 is 12.0. The van der Waals surface area contributed by atoms with Gasteiger partial charge in [-0.1, -0.05) is 29.8 Å². The second kappa shape index (κ2) is 6.63. The summed E-state index contributed by atoms with van der Waals surface area (Å²) in [7, 11) is 0. The monoisotopic (exact) mass is 271 g/mol. The summed E-state index contributed by atoms with van der Waals surface area (Å²) in [6.07, 6.45) is 4.94. The fraction of sp³-hybridized carbons (Fsp3) is 0.571. The molecule has 1 fully saturated rings. The van der Waals surface area contributed by atoms with Crippen molar-refractivity contribution in [2.24, 2.45) is 0 Å². The van der Waals surface area contributed by atoms with E-state index >= 15 is 0 Å². The molecule has 1 aliphatic rings. The first-order chi connectivity index (χ1) is 8.31. The number of hydrogen-bond acceptors (Lipinski definition) is 1. The third kappa shape index (κ3) is 3.61. The van der Waals surface area contributed by atoms with Crippen LogP contribution >= 0.6 is 23.2 Å². The summed E-state index contributed by atoms with van der Waals surface area (Å²) in [6, 6.07) is 8.84. The average Bonchev–Trinajstić information content (AvgIpc) is 2.77. The van der Waals surface area contributed by atoms with Gasteiger partial charge in [0.05, 0.1) is 0 Å². The molecule has 0 amide bonds. The lowest BCUT2D eigenvalue weighted by Crippen LogP contribution is -2.29. The molecule has 0 saturated carbocycles. The molecule has 1 saturated heterocycles. The quantitative estimate of drug-likeness (QED) is 0.721. The fourth-order valence-electron chi connectivity index (χ4n) is 2.59. The van der Waals surface area contributed by atoms with Crippen LogP contribution in [-0.4, -0.2) is 23.4 Å². The van der Waals surface area contributed by atoms with Crippen molar-refractivity contribution in [1.82, 2.24) is 4.90 Å². The van der Waals surface area contributed by atoms with Crippen LogP contribution in [0, 0.1) is 0 Å². The van der Waals surface area contributed by atoms with Gasteiger partial charge in [0.25, 0.3) is 0 Å². The molecule has 17 heavy (non-hydrogen) atoms. The number of benzene rings is 1. The van der Waals surface area contributed by atoms with Gasteiger partial charge in [-0.2, -0.15) is 0 Å². The van der Waals surface area contributed by atoms with E-state index in [1.165, 1.54) is 31.4 Å². The van der Waals surface area contributed by atoms with Crippen molar-refractivity contribution in [2.45, 2.75) is 38.3 Å². The minimum Gasteiger partial charge on any atom is -0.296 e. The van der Waals surface area contributed by atoms with Gasteiger partial charge >= 0.3 is 0 Å². The molecule has 0 spiro atoms. The summed E-state index contributed by atoms with van der Waals surface area (Å²) in [5, 5.41) is 0.885. The van der Waals surface area contributed by atoms with E-state index in [4.69, 9.17) is 23.2 Å². The van der Waals surface area contributed by atoms with Crippen LogP contribution in [-0.2, 0) is 6.54 Å². The zero-order chi connectivity index (χ0) is 12.1. The summed E-state index contributed by atoms with van der Waals surface area (Å²) in [5.74, 6) is 0.774. The average molecular weight is 272 g/mol. The molecule has 0 N–H and O–H groups in total. The second-order valence-corrected chi connectivity index (χ2v) is 5.47. The lowest BCUT2D eigenvalue weighted by Gasteiger charge is -2.24. The zero-order valence-electron chi connectivity index (χ0n) is 10.0. The summed E-state index contributed by atoms with van der Waals surface area (Å²) in [5.41, 5.74) is 1.24. The van der Waals surface area contributed by atoms with Crippen LogP contribution in [0.4, 0.5) is 0 Å². The highest BCUT2D eigenvalue weighted by Crippen LogP contribution is 2.26. The Balaban J connectivity index is 1.95. The SMILES string of the molecule is ClCCCC1CCCN1Cc1ccccc1Cl. The third-order valence-corrected chi connectivity index (χ3v) is 4.14. The Morgan fingerprint density at radius 2 is 2.12 bits per heavy atom. The molecule has 1 aliphatic heterocycles. The Morgan fingerprint density at radius 1 is 1.29 bits per heavy atom. The predicted octanol–water partition coefficient (Wildman–Crippen LogP) is 4.32. The second-order valence-electron chi connectivity index (χ2n) is 4.69. The summed E-state index contributed by atoms with van der Waals surface area (Å²) < 4.78 is 0. The molecule has 0 aromatic heterocycles. The molecule has 0 aliphatic carbocycles. The van der Waals surface area contributed by atoms with Gasteiger partial charge in [0.1, 0.15) is 0 Å². The van der Waals surface area contributed by atoms with Gasteiger partial charge in [0.15, 0.2) is 0 Å². The van der Waals surface area contributed by atoms with E-state index in [9.17, 15) is 0 Å². The lowest BCUT2D eigenvalue weighted by molar-refractivity contribution is 0.234. The van der Waals surface area contributed by atoms with Gasteiger partial charge in [-0.15, -0.1) is 11.6 Å². The van der Waals surface area contributed by atoms with Crippen LogP contribution in [0.15, 0.2) is 24.3 Å². The van der Waals surface area contributed by atoms with Crippen LogP contribution in [0.2, 0.25) is 5.02 Å². The molecule has 0 bridgehead atoms. The summed E-state index contributed by atoms with van der Waals surface area (Å²) in [6.45, 7) is 2.17. The van der Waals surface area contributed by atoms with Crippen molar-refractivity contribution in [3.05, 3.63) is 34.9 Å².